The SMILES string of the molecule is Oc1ccc(OC(=S)CCl)cc1. The highest BCUT2D eigenvalue weighted by Crippen LogP contribution is 2.16. The van der Waals surface area contributed by atoms with Crippen molar-refractivity contribution in [3.8, 4) is 11.5 Å². The summed E-state index contributed by atoms with van der Waals surface area (Å²) in [6.07, 6.45) is 0. The summed E-state index contributed by atoms with van der Waals surface area (Å²) in [4.78, 5) is 0. The lowest BCUT2D eigenvalue weighted by Crippen LogP contribution is -2.05. The van der Waals surface area contributed by atoms with E-state index in [9.17, 15) is 0 Å². The van der Waals surface area contributed by atoms with E-state index < -0.39 is 0 Å². The van der Waals surface area contributed by atoms with Crippen LogP contribution in [0.2, 0.25) is 0 Å². The Bertz CT molecular complexity index is 271. The Kier molecular flexibility index (Phi) is 3.31. The van der Waals surface area contributed by atoms with Crippen LogP contribution in [0.25, 0.3) is 0 Å². The maximum atomic E-state index is 8.93. The average Bonchev–Trinajstić information content (AvgIpc) is 2.09. The summed E-state index contributed by atoms with van der Waals surface area (Å²) < 4.78 is 5.11. The molecule has 0 unspecified atom stereocenters. The van der Waals surface area contributed by atoms with Crippen LogP contribution in [0.3, 0.4) is 0 Å². The number of alkyl halides is 1. The van der Waals surface area contributed by atoms with Crippen LogP contribution in [0.1, 0.15) is 0 Å². The second kappa shape index (κ2) is 4.28. The second-order valence-corrected chi connectivity index (χ2v) is 2.82. The molecule has 0 heterocycles. The van der Waals surface area contributed by atoms with Crippen LogP contribution < -0.4 is 4.74 Å². The van der Waals surface area contributed by atoms with E-state index in [2.05, 4.69) is 0 Å². The summed E-state index contributed by atoms with van der Waals surface area (Å²) in [5.41, 5.74) is 0. The zero-order chi connectivity index (χ0) is 8.97. The lowest BCUT2D eigenvalue weighted by atomic mass is 10.3. The first-order valence-electron chi connectivity index (χ1n) is 3.28. The maximum absolute atomic E-state index is 8.93. The van der Waals surface area contributed by atoms with E-state index >= 15 is 0 Å². The molecule has 0 aliphatic carbocycles. The molecule has 0 bridgehead atoms. The van der Waals surface area contributed by atoms with Crippen LogP contribution in [0, 0.1) is 0 Å². The summed E-state index contributed by atoms with van der Waals surface area (Å²) >= 11 is 10.2. The van der Waals surface area contributed by atoms with Crippen molar-refractivity contribution < 1.29 is 9.84 Å². The fourth-order valence-corrected chi connectivity index (χ4v) is 0.824. The van der Waals surface area contributed by atoms with Crippen LogP contribution in [0.5, 0.6) is 11.5 Å². The molecule has 0 fully saturated rings. The van der Waals surface area contributed by atoms with Crippen LogP contribution in [0.4, 0.5) is 0 Å². The Labute approximate surface area is 80.7 Å². The Morgan fingerprint density at radius 2 is 2.00 bits per heavy atom. The Hall–Kier alpha value is -0.800. The average molecular weight is 203 g/mol. The van der Waals surface area contributed by atoms with Crippen molar-refractivity contribution in [1.82, 2.24) is 0 Å². The number of phenols is 1. The minimum atomic E-state index is 0.191. The van der Waals surface area contributed by atoms with Gasteiger partial charge in [-0.15, -0.1) is 11.6 Å². The van der Waals surface area contributed by atoms with Gasteiger partial charge in [0.15, 0.2) is 5.05 Å². The molecule has 1 aromatic carbocycles. The van der Waals surface area contributed by atoms with Gasteiger partial charge in [0.1, 0.15) is 11.5 Å². The van der Waals surface area contributed by atoms with Gasteiger partial charge in [0.2, 0.25) is 0 Å². The van der Waals surface area contributed by atoms with Gasteiger partial charge >= 0.3 is 0 Å². The maximum Gasteiger partial charge on any atom is 0.182 e. The van der Waals surface area contributed by atoms with Gasteiger partial charge in [0.05, 0.1) is 5.88 Å². The molecule has 0 atom stereocenters. The molecule has 0 radical (unpaired) electrons. The molecule has 1 aromatic rings. The third kappa shape index (κ3) is 2.68. The molecule has 0 saturated heterocycles. The number of halogens is 1. The van der Waals surface area contributed by atoms with Crippen LogP contribution >= 0.6 is 23.8 Å². The first-order chi connectivity index (χ1) is 5.72. The molecule has 0 aromatic heterocycles. The molecule has 1 N–H and O–H groups in total. The van der Waals surface area contributed by atoms with Gasteiger partial charge in [-0.1, -0.05) is 0 Å². The first-order valence-corrected chi connectivity index (χ1v) is 4.22. The number of aromatic hydroxyl groups is 1. The summed E-state index contributed by atoms with van der Waals surface area (Å²) in [6.45, 7) is 0. The Morgan fingerprint density at radius 1 is 1.42 bits per heavy atom. The highest BCUT2D eigenvalue weighted by atomic mass is 35.5. The van der Waals surface area contributed by atoms with Crippen molar-refractivity contribution in [3.63, 3.8) is 0 Å². The molecular weight excluding hydrogens is 196 g/mol. The summed E-state index contributed by atoms with van der Waals surface area (Å²) in [7, 11) is 0. The second-order valence-electron chi connectivity index (χ2n) is 2.10. The van der Waals surface area contributed by atoms with Gasteiger partial charge < -0.3 is 9.84 Å². The van der Waals surface area contributed by atoms with E-state index in [1.54, 1.807) is 12.1 Å². The van der Waals surface area contributed by atoms with E-state index in [0.717, 1.165) is 0 Å². The Morgan fingerprint density at radius 3 is 2.50 bits per heavy atom. The predicted octanol–water partition coefficient (Wildman–Crippen LogP) is 2.34. The molecule has 0 aliphatic rings. The van der Waals surface area contributed by atoms with E-state index in [0.29, 0.717) is 10.8 Å². The topological polar surface area (TPSA) is 29.5 Å². The number of ether oxygens (including phenoxy) is 1. The monoisotopic (exact) mass is 202 g/mol. The standard InChI is InChI=1S/C8H7ClO2S/c9-5-8(12)11-7-3-1-6(10)2-4-7/h1-4,10H,5H2. The third-order valence-corrected chi connectivity index (χ3v) is 1.81. The lowest BCUT2D eigenvalue weighted by Gasteiger charge is -2.03. The summed E-state index contributed by atoms with van der Waals surface area (Å²) in [5, 5.41) is 9.26. The zero-order valence-electron chi connectivity index (χ0n) is 6.16. The Balaban J connectivity index is 2.64. The molecular formula is C8H7ClO2S. The fraction of sp³-hybridized carbons (Fsp3) is 0.125. The third-order valence-electron chi connectivity index (χ3n) is 1.18. The van der Waals surface area contributed by atoms with Gasteiger partial charge in [-0.25, -0.2) is 0 Å². The van der Waals surface area contributed by atoms with Gasteiger partial charge in [0, 0.05) is 0 Å². The van der Waals surface area contributed by atoms with Gasteiger partial charge in [-0.05, 0) is 36.5 Å². The molecule has 12 heavy (non-hydrogen) atoms. The quantitative estimate of drug-likeness (QED) is 0.590. The van der Waals surface area contributed by atoms with Crippen molar-refractivity contribution in [2.75, 3.05) is 5.88 Å². The zero-order valence-corrected chi connectivity index (χ0v) is 7.73. The largest absolute Gasteiger partial charge is 0.508 e. The number of rotatable bonds is 2. The van der Waals surface area contributed by atoms with E-state index in [1.807, 2.05) is 0 Å². The number of hydrogen-bond acceptors (Lipinski definition) is 3. The van der Waals surface area contributed by atoms with E-state index in [1.165, 1.54) is 12.1 Å². The molecule has 2 nitrogen and oxygen atoms in total. The molecule has 0 aliphatic heterocycles. The number of thiocarbonyl (C=S) groups is 1. The van der Waals surface area contributed by atoms with Crippen molar-refractivity contribution >= 4 is 28.9 Å². The van der Waals surface area contributed by atoms with Crippen molar-refractivity contribution in [3.05, 3.63) is 24.3 Å². The van der Waals surface area contributed by atoms with Crippen LogP contribution in [-0.2, 0) is 0 Å². The first kappa shape index (κ1) is 9.29. The number of benzene rings is 1. The highest BCUT2D eigenvalue weighted by molar-refractivity contribution is 7.80. The van der Waals surface area contributed by atoms with E-state index in [4.69, 9.17) is 33.7 Å². The molecule has 1 rings (SSSR count). The predicted molar refractivity (Wildman–Crippen MR) is 52.1 cm³/mol. The van der Waals surface area contributed by atoms with Gasteiger partial charge in [0.25, 0.3) is 0 Å². The van der Waals surface area contributed by atoms with Crippen LogP contribution in [0.15, 0.2) is 24.3 Å². The van der Waals surface area contributed by atoms with E-state index in [-0.39, 0.29) is 11.6 Å². The molecule has 0 spiro atoms. The minimum absolute atomic E-state index is 0.191. The van der Waals surface area contributed by atoms with Crippen molar-refractivity contribution in [1.29, 1.82) is 0 Å². The minimum Gasteiger partial charge on any atom is -0.508 e. The molecule has 0 saturated carbocycles. The summed E-state index contributed by atoms with van der Waals surface area (Å²) in [6, 6.07) is 6.28. The van der Waals surface area contributed by atoms with Gasteiger partial charge in [-0.2, -0.15) is 0 Å². The molecule has 64 valence electrons. The molecule has 0 amide bonds. The lowest BCUT2D eigenvalue weighted by molar-refractivity contribution is 0.473. The number of hydrogen-bond donors (Lipinski definition) is 1. The summed E-state index contributed by atoms with van der Waals surface area (Å²) in [5.74, 6) is 0.966. The normalized spacial score (nSPS) is 9.42. The van der Waals surface area contributed by atoms with Crippen molar-refractivity contribution in [2.45, 2.75) is 0 Å². The highest BCUT2D eigenvalue weighted by Gasteiger charge is 1.97. The molecule has 4 heteroatoms. The van der Waals surface area contributed by atoms with Gasteiger partial charge in [-0.3, -0.25) is 0 Å². The fourth-order valence-electron chi connectivity index (χ4n) is 0.673. The number of phenolic OH excluding ortho intramolecular Hbond substituents is 1. The smallest absolute Gasteiger partial charge is 0.182 e. The van der Waals surface area contributed by atoms with Crippen LogP contribution in [-0.4, -0.2) is 16.0 Å². The van der Waals surface area contributed by atoms with Crippen molar-refractivity contribution in [2.24, 2.45) is 0 Å².